The number of primary amides is 1. The van der Waals surface area contributed by atoms with E-state index in [1.807, 2.05) is 0 Å². The van der Waals surface area contributed by atoms with E-state index in [0.717, 1.165) is 6.92 Å². The number of aliphatic carboxylic acids is 1. The van der Waals surface area contributed by atoms with Crippen LogP contribution < -0.4 is 21.7 Å². The molecular formula is C20H34N4O12. The Bertz CT molecular complexity index is 810. The van der Waals surface area contributed by atoms with Crippen LogP contribution in [0, 0.1) is 0 Å². The van der Waals surface area contributed by atoms with Crippen LogP contribution in [0.2, 0.25) is 0 Å². The molecule has 0 saturated carbocycles. The van der Waals surface area contributed by atoms with Gasteiger partial charge in [-0.15, -0.1) is 0 Å². The van der Waals surface area contributed by atoms with Crippen molar-refractivity contribution in [3.63, 3.8) is 0 Å². The molecule has 0 bridgehead atoms. The second-order valence-corrected chi connectivity index (χ2v) is 8.33. The molecule has 1 rings (SSSR count). The maximum absolute atomic E-state index is 12.7. The predicted molar refractivity (Wildman–Crippen MR) is 118 cm³/mol. The number of carboxylic acids is 1. The number of hydrogen-bond donors (Lipinski definition) is 9. The zero-order valence-electron chi connectivity index (χ0n) is 20.0. The highest BCUT2D eigenvalue weighted by molar-refractivity contribution is 5.93. The molecule has 0 unspecified atom stereocenters. The Kier molecular flexibility index (Phi) is 12.1. The van der Waals surface area contributed by atoms with Crippen LogP contribution >= 0.6 is 0 Å². The molecule has 9 atom stereocenters. The first kappa shape index (κ1) is 31.1. The highest BCUT2D eigenvalue weighted by Crippen LogP contribution is 2.23. The number of nitrogens with two attached hydrogens (primary N) is 1. The van der Waals surface area contributed by atoms with Crippen molar-refractivity contribution >= 4 is 29.6 Å². The second kappa shape index (κ2) is 14.0. The van der Waals surface area contributed by atoms with E-state index in [1.54, 1.807) is 0 Å². The smallest absolute Gasteiger partial charge is 0.303 e. The SMILES string of the molecule is CC(=O)N[C@H]1[C@@H](O[C@H](C)C(=O)N[C@H](C(=O)N[C@H](CCC(=O)O)C(N)=O)[C@@H](C)O)[C@@H](O)[C@@H](CO)O[C@H]1O. The molecule has 1 fully saturated rings. The number of aliphatic hydroxyl groups excluding tert-OH is 4. The largest absolute Gasteiger partial charge is 0.481 e. The third-order valence-electron chi connectivity index (χ3n) is 5.34. The van der Waals surface area contributed by atoms with Crippen LogP contribution in [0.1, 0.15) is 33.6 Å². The minimum absolute atomic E-state index is 0.322. The zero-order chi connectivity index (χ0) is 27.7. The van der Waals surface area contributed by atoms with E-state index in [2.05, 4.69) is 16.0 Å². The lowest BCUT2D eigenvalue weighted by atomic mass is 9.96. The zero-order valence-corrected chi connectivity index (χ0v) is 20.0. The Morgan fingerprint density at radius 2 is 1.69 bits per heavy atom. The molecule has 0 aromatic rings. The summed E-state index contributed by atoms with van der Waals surface area (Å²) < 4.78 is 10.6. The van der Waals surface area contributed by atoms with Crippen LogP contribution in [0.4, 0.5) is 0 Å². The molecule has 36 heavy (non-hydrogen) atoms. The van der Waals surface area contributed by atoms with Crippen molar-refractivity contribution in [3.05, 3.63) is 0 Å². The van der Waals surface area contributed by atoms with Gasteiger partial charge in [0.25, 0.3) is 0 Å². The average molecular weight is 523 g/mol. The van der Waals surface area contributed by atoms with Crippen LogP contribution in [-0.4, -0.2) is 117 Å². The molecular weight excluding hydrogens is 488 g/mol. The number of nitrogens with one attached hydrogen (secondary N) is 3. The number of amides is 4. The summed E-state index contributed by atoms with van der Waals surface area (Å²) in [7, 11) is 0. The first-order chi connectivity index (χ1) is 16.7. The van der Waals surface area contributed by atoms with Crippen LogP contribution in [0.3, 0.4) is 0 Å². The molecule has 0 radical (unpaired) electrons. The number of aliphatic hydroxyl groups is 4. The standard InChI is InChI=1S/C20H34N4O12/c1-7(26)13(19(33)23-10(17(21)31)4-5-12(28)29)24-18(32)8(2)35-16-14(22-9(3)27)20(34)36-11(6-25)15(16)30/h7-8,10-11,13-16,20,25-26,30,34H,4-6H2,1-3H3,(H2,21,31)(H,22,27)(H,23,33)(H,24,32)(H,28,29)/t7-,8-,10-,11-,13+,14+,15+,16-,20-/m1/s1. The maximum atomic E-state index is 12.7. The fraction of sp³-hybridized carbons (Fsp3) is 0.750. The lowest BCUT2D eigenvalue weighted by molar-refractivity contribution is -0.266. The first-order valence-corrected chi connectivity index (χ1v) is 11.0. The summed E-state index contributed by atoms with van der Waals surface area (Å²) in [6.07, 6.45) is -9.70. The first-order valence-electron chi connectivity index (χ1n) is 11.0. The van der Waals surface area contributed by atoms with Gasteiger partial charge in [0.1, 0.15) is 42.5 Å². The van der Waals surface area contributed by atoms with Crippen LogP contribution in [0.5, 0.6) is 0 Å². The molecule has 206 valence electrons. The number of carboxylic acid groups (broad SMARTS) is 1. The molecule has 16 nitrogen and oxygen atoms in total. The maximum Gasteiger partial charge on any atom is 0.303 e. The van der Waals surface area contributed by atoms with E-state index < -0.39 is 97.6 Å². The van der Waals surface area contributed by atoms with Crippen molar-refractivity contribution < 1.29 is 59.0 Å². The summed E-state index contributed by atoms with van der Waals surface area (Å²) in [6, 6.07) is -4.32. The number of ether oxygens (including phenoxy) is 2. The van der Waals surface area contributed by atoms with E-state index in [9.17, 15) is 44.4 Å². The van der Waals surface area contributed by atoms with E-state index in [1.165, 1.54) is 13.8 Å². The predicted octanol–water partition coefficient (Wildman–Crippen LogP) is -4.96. The van der Waals surface area contributed by atoms with Crippen molar-refractivity contribution in [2.24, 2.45) is 5.73 Å². The van der Waals surface area contributed by atoms with Gasteiger partial charge in [-0.1, -0.05) is 0 Å². The fourth-order valence-corrected chi connectivity index (χ4v) is 3.42. The fourth-order valence-electron chi connectivity index (χ4n) is 3.42. The molecule has 0 spiro atoms. The highest BCUT2D eigenvalue weighted by Gasteiger charge is 2.47. The summed E-state index contributed by atoms with van der Waals surface area (Å²) in [5, 5.41) is 55.5. The molecule has 0 aliphatic carbocycles. The molecule has 10 N–H and O–H groups in total. The Hall–Kier alpha value is -2.89. The number of carbonyl (C=O) groups excluding carboxylic acids is 4. The summed E-state index contributed by atoms with van der Waals surface area (Å²) in [4.78, 5) is 59.1. The molecule has 1 saturated heterocycles. The van der Waals surface area contributed by atoms with Gasteiger partial charge in [-0.05, 0) is 20.3 Å². The van der Waals surface area contributed by atoms with Crippen molar-refractivity contribution in [1.29, 1.82) is 0 Å². The van der Waals surface area contributed by atoms with E-state index in [-0.39, 0.29) is 6.42 Å². The van der Waals surface area contributed by atoms with Gasteiger partial charge in [0.2, 0.25) is 23.6 Å². The molecule has 0 aromatic heterocycles. The van der Waals surface area contributed by atoms with Gasteiger partial charge in [0.15, 0.2) is 6.29 Å². The van der Waals surface area contributed by atoms with Gasteiger partial charge in [0, 0.05) is 13.3 Å². The summed E-state index contributed by atoms with van der Waals surface area (Å²) in [6.45, 7) is 2.81. The van der Waals surface area contributed by atoms with Crippen LogP contribution in [0.15, 0.2) is 0 Å². The lowest BCUT2D eigenvalue weighted by Crippen LogP contribution is -2.66. The number of carbonyl (C=O) groups is 5. The summed E-state index contributed by atoms with van der Waals surface area (Å²) >= 11 is 0. The van der Waals surface area contributed by atoms with Gasteiger partial charge in [-0.2, -0.15) is 0 Å². The van der Waals surface area contributed by atoms with Gasteiger partial charge in [0.05, 0.1) is 12.7 Å². The quantitative estimate of drug-likeness (QED) is 0.110. The Morgan fingerprint density at radius 3 is 2.17 bits per heavy atom. The molecule has 16 heteroatoms. The van der Waals surface area contributed by atoms with Crippen molar-refractivity contribution in [2.75, 3.05) is 6.61 Å². The van der Waals surface area contributed by atoms with E-state index in [4.69, 9.17) is 20.3 Å². The molecule has 4 amide bonds. The van der Waals surface area contributed by atoms with E-state index in [0.29, 0.717) is 0 Å². The van der Waals surface area contributed by atoms with Crippen LogP contribution in [0.25, 0.3) is 0 Å². The summed E-state index contributed by atoms with van der Waals surface area (Å²) in [5.74, 6) is -4.86. The van der Waals surface area contributed by atoms with Crippen molar-refractivity contribution in [3.8, 4) is 0 Å². The van der Waals surface area contributed by atoms with Crippen molar-refractivity contribution in [1.82, 2.24) is 16.0 Å². The Morgan fingerprint density at radius 1 is 1.08 bits per heavy atom. The second-order valence-electron chi connectivity index (χ2n) is 8.33. The van der Waals surface area contributed by atoms with Crippen LogP contribution in [-0.2, 0) is 33.4 Å². The third-order valence-corrected chi connectivity index (χ3v) is 5.34. The third kappa shape index (κ3) is 8.96. The molecule has 0 aromatic carbocycles. The monoisotopic (exact) mass is 522 g/mol. The lowest BCUT2D eigenvalue weighted by Gasteiger charge is -2.43. The normalized spacial score (nSPS) is 27.1. The van der Waals surface area contributed by atoms with E-state index >= 15 is 0 Å². The minimum atomic E-state index is -1.69. The van der Waals surface area contributed by atoms with Gasteiger partial charge >= 0.3 is 5.97 Å². The Balaban J connectivity index is 2.96. The molecule has 1 aliphatic heterocycles. The highest BCUT2D eigenvalue weighted by atomic mass is 16.6. The number of rotatable bonds is 13. The number of hydrogen-bond acceptors (Lipinski definition) is 11. The van der Waals surface area contributed by atoms with Gasteiger partial charge in [-0.3, -0.25) is 24.0 Å². The van der Waals surface area contributed by atoms with Gasteiger partial charge < -0.3 is 56.7 Å². The van der Waals surface area contributed by atoms with Crippen molar-refractivity contribution in [2.45, 2.75) is 88.5 Å². The molecule has 1 heterocycles. The van der Waals surface area contributed by atoms with Gasteiger partial charge in [-0.25, -0.2) is 0 Å². The molecule has 1 aliphatic rings. The average Bonchev–Trinajstić information content (AvgIpc) is 2.77. The Labute approximate surface area is 206 Å². The summed E-state index contributed by atoms with van der Waals surface area (Å²) in [5.41, 5.74) is 5.18. The minimum Gasteiger partial charge on any atom is -0.481 e. The topological polar surface area (TPSA) is 267 Å².